The molecule has 0 atom stereocenters. The third kappa shape index (κ3) is 3.62. The normalized spacial score (nSPS) is 15.4. The number of nitrogens with zero attached hydrogens (tertiary/aromatic N) is 4. The molecule has 28 heavy (non-hydrogen) atoms. The number of benzene rings is 1. The topological polar surface area (TPSA) is 53.4 Å². The summed E-state index contributed by atoms with van der Waals surface area (Å²) >= 11 is 7.69. The maximum absolute atomic E-state index is 12.9. The van der Waals surface area contributed by atoms with E-state index in [0.717, 1.165) is 60.0 Å². The third-order valence-corrected chi connectivity index (χ3v) is 6.72. The summed E-state index contributed by atoms with van der Waals surface area (Å²) in [4.78, 5) is 19.4. The average molecular weight is 418 g/mol. The highest BCUT2D eigenvalue weighted by atomic mass is 35.5. The first-order valence-electron chi connectivity index (χ1n) is 9.47. The van der Waals surface area contributed by atoms with Crippen LogP contribution in [0.4, 0.5) is 11.4 Å². The lowest BCUT2D eigenvalue weighted by molar-refractivity contribution is 0.103. The van der Waals surface area contributed by atoms with Crippen LogP contribution in [0.5, 0.6) is 0 Å². The summed E-state index contributed by atoms with van der Waals surface area (Å²) in [5, 5.41) is 9.12. The summed E-state index contributed by atoms with van der Waals surface area (Å²) in [6.07, 6.45) is 0. The average Bonchev–Trinajstić information content (AvgIpc) is 3.24. The Kier molecular flexibility index (Phi) is 5.31. The predicted octanol–water partition coefficient (Wildman–Crippen LogP) is 3.99. The van der Waals surface area contributed by atoms with Crippen molar-refractivity contribution in [2.45, 2.75) is 13.8 Å². The van der Waals surface area contributed by atoms with E-state index in [9.17, 15) is 4.79 Å². The summed E-state index contributed by atoms with van der Waals surface area (Å²) in [6.45, 7) is 9.13. The van der Waals surface area contributed by atoms with Crippen molar-refractivity contribution >= 4 is 50.4 Å². The molecule has 1 fully saturated rings. The van der Waals surface area contributed by atoms with E-state index in [1.807, 2.05) is 42.9 Å². The minimum absolute atomic E-state index is 0.115. The molecule has 1 aliphatic rings. The molecule has 0 radical (unpaired) electrons. The fourth-order valence-electron chi connectivity index (χ4n) is 3.69. The van der Waals surface area contributed by atoms with Crippen LogP contribution in [0.25, 0.3) is 10.2 Å². The van der Waals surface area contributed by atoms with Crippen molar-refractivity contribution in [3.8, 4) is 0 Å². The molecule has 1 aromatic carbocycles. The second-order valence-electron chi connectivity index (χ2n) is 7.08. The second kappa shape index (κ2) is 7.73. The van der Waals surface area contributed by atoms with E-state index >= 15 is 0 Å². The smallest absolute Gasteiger partial charge is 0.265 e. The highest BCUT2D eigenvalue weighted by Crippen LogP contribution is 2.32. The molecule has 4 rings (SSSR count). The van der Waals surface area contributed by atoms with Crippen LogP contribution in [-0.2, 0) is 7.05 Å². The Balaban J connectivity index is 1.59. The monoisotopic (exact) mass is 417 g/mol. The first kappa shape index (κ1) is 19.2. The number of anilines is 2. The van der Waals surface area contributed by atoms with Crippen molar-refractivity contribution in [1.29, 1.82) is 0 Å². The summed E-state index contributed by atoms with van der Waals surface area (Å²) in [6, 6.07) is 7.63. The van der Waals surface area contributed by atoms with Crippen molar-refractivity contribution in [3.63, 3.8) is 0 Å². The molecule has 148 valence electrons. The molecule has 1 aliphatic heterocycles. The van der Waals surface area contributed by atoms with Crippen LogP contribution in [0.3, 0.4) is 0 Å². The standard InChI is InChI=1S/C20H24ClN5OS/c1-4-25-7-9-26(10-8-25)17-6-5-14(21)11-16(17)22-19(27)18-12-15-13(2)23-24(3)20(15)28-18/h5-6,11-12H,4,7-10H2,1-3H3,(H,22,27). The molecule has 3 heterocycles. The van der Waals surface area contributed by atoms with Gasteiger partial charge in [-0.1, -0.05) is 18.5 Å². The summed E-state index contributed by atoms with van der Waals surface area (Å²) in [5.41, 5.74) is 2.72. The lowest BCUT2D eigenvalue weighted by Crippen LogP contribution is -2.46. The summed E-state index contributed by atoms with van der Waals surface area (Å²) in [7, 11) is 1.90. The van der Waals surface area contributed by atoms with Gasteiger partial charge in [-0.15, -0.1) is 11.3 Å². The van der Waals surface area contributed by atoms with E-state index in [1.54, 1.807) is 0 Å². The fraction of sp³-hybridized carbons (Fsp3) is 0.400. The third-order valence-electron chi connectivity index (χ3n) is 5.29. The van der Waals surface area contributed by atoms with Gasteiger partial charge in [-0.05, 0) is 37.7 Å². The van der Waals surface area contributed by atoms with Crippen molar-refractivity contribution in [1.82, 2.24) is 14.7 Å². The first-order chi connectivity index (χ1) is 13.5. The van der Waals surface area contributed by atoms with Gasteiger partial charge in [-0.25, -0.2) is 0 Å². The summed E-state index contributed by atoms with van der Waals surface area (Å²) < 4.78 is 1.82. The van der Waals surface area contributed by atoms with Crippen LogP contribution >= 0.6 is 22.9 Å². The number of halogens is 1. The minimum Gasteiger partial charge on any atom is -0.367 e. The van der Waals surface area contributed by atoms with Crippen LogP contribution in [-0.4, -0.2) is 53.3 Å². The lowest BCUT2D eigenvalue weighted by Gasteiger charge is -2.36. The van der Waals surface area contributed by atoms with E-state index in [1.165, 1.54) is 11.3 Å². The number of nitrogens with one attached hydrogen (secondary N) is 1. The highest BCUT2D eigenvalue weighted by molar-refractivity contribution is 7.20. The Hall–Kier alpha value is -2.09. The molecule has 8 heteroatoms. The van der Waals surface area contributed by atoms with Gasteiger partial charge in [0, 0.05) is 43.6 Å². The van der Waals surface area contributed by atoms with Gasteiger partial charge < -0.3 is 15.1 Å². The highest BCUT2D eigenvalue weighted by Gasteiger charge is 2.21. The number of amides is 1. The van der Waals surface area contributed by atoms with E-state index < -0.39 is 0 Å². The molecule has 0 spiro atoms. The van der Waals surface area contributed by atoms with Crippen molar-refractivity contribution < 1.29 is 4.79 Å². The lowest BCUT2D eigenvalue weighted by atomic mass is 10.2. The summed E-state index contributed by atoms with van der Waals surface area (Å²) in [5.74, 6) is -0.115. The van der Waals surface area contributed by atoms with Crippen LogP contribution in [0.2, 0.25) is 5.02 Å². The Labute approximate surface area is 173 Å². The molecule has 1 saturated heterocycles. The van der Waals surface area contributed by atoms with Gasteiger partial charge in [0.05, 0.1) is 21.9 Å². The van der Waals surface area contributed by atoms with Crippen LogP contribution in [0.15, 0.2) is 24.3 Å². The molecule has 0 saturated carbocycles. The van der Waals surface area contributed by atoms with E-state index in [-0.39, 0.29) is 5.91 Å². The number of hydrogen-bond donors (Lipinski definition) is 1. The molecule has 0 unspecified atom stereocenters. The number of aryl methyl sites for hydroxylation is 2. The van der Waals surface area contributed by atoms with Crippen molar-refractivity contribution in [2.75, 3.05) is 42.9 Å². The van der Waals surface area contributed by atoms with E-state index in [0.29, 0.717) is 9.90 Å². The number of likely N-dealkylation sites (N-methyl/N-ethyl adjacent to an activating group) is 1. The zero-order valence-corrected chi connectivity index (χ0v) is 17.9. The van der Waals surface area contributed by atoms with Gasteiger partial charge in [0.25, 0.3) is 5.91 Å². The number of rotatable bonds is 4. The van der Waals surface area contributed by atoms with E-state index in [2.05, 4.69) is 27.1 Å². The molecular formula is C20H24ClN5OS. The number of hydrogen-bond acceptors (Lipinski definition) is 5. The number of carbonyl (C=O) groups excluding carboxylic acids is 1. The molecule has 0 bridgehead atoms. The van der Waals surface area contributed by atoms with Gasteiger partial charge in [0.15, 0.2) is 0 Å². The Morgan fingerprint density at radius 2 is 2.00 bits per heavy atom. The largest absolute Gasteiger partial charge is 0.367 e. The molecule has 1 amide bonds. The predicted molar refractivity (Wildman–Crippen MR) is 117 cm³/mol. The Bertz CT molecular complexity index is 985. The van der Waals surface area contributed by atoms with Crippen LogP contribution in [0.1, 0.15) is 22.3 Å². The second-order valence-corrected chi connectivity index (χ2v) is 8.54. The zero-order chi connectivity index (χ0) is 19.8. The van der Waals surface area contributed by atoms with Crippen LogP contribution < -0.4 is 10.2 Å². The maximum atomic E-state index is 12.9. The molecule has 6 nitrogen and oxygen atoms in total. The number of thiophene rings is 1. The molecule has 3 aromatic rings. The number of carbonyl (C=O) groups is 1. The molecular weight excluding hydrogens is 394 g/mol. The minimum atomic E-state index is -0.115. The molecule has 0 aliphatic carbocycles. The Morgan fingerprint density at radius 1 is 1.25 bits per heavy atom. The number of aromatic nitrogens is 2. The van der Waals surface area contributed by atoms with Crippen molar-refractivity contribution in [3.05, 3.63) is 39.9 Å². The van der Waals surface area contributed by atoms with Gasteiger partial charge in [0.2, 0.25) is 0 Å². The zero-order valence-electron chi connectivity index (χ0n) is 16.3. The maximum Gasteiger partial charge on any atom is 0.265 e. The van der Waals surface area contributed by atoms with E-state index in [4.69, 9.17) is 11.6 Å². The fourth-order valence-corrected chi connectivity index (χ4v) is 4.88. The van der Waals surface area contributed by atoms with Gasteiger partial charge in [0.1, 0.15) is 4.83 Å². The Morgan fingerprint density at radius 3 is 2.68 bits per heavy atom. The molecule has 2 aromatic heterocycles. The van der Waals surface area contributed by atoms with Gasteiger partial charge in [-0.2, -0.15) is 5.10 Å². The van der Waals surface area contributed by atoms with Crippen molar-refractivity contribution in [2.24, 2.45) is 7.05 Å². The SMILES string of the molecule is CCN1CCN(c2ccc(Cl)cc2NC(=O)c2cc3c(C)nn(C)c3s2)CC1. The quantitative estimate of drug-likeness (QED) is 0.697. The van der Waals surface area contributed by atoms with Gasteiger partial charge in [-0.3, -0.25) is 9.48 Å². The number of piperazine rings is 1. The molecule has 1 N–H and O–H groups in total. The van der Waals surface area contributed by atoms with Gasteiger partial charge >= 0.3 is 0 Å². The van der Waals surface area contributed by atoms with Crippen LogP contribution in [0, 0.1) is 6.92 Å². The number of fused-ring (bicyclic) bond motifs is 1. The first-order valence-corrected chi connectivity index (χ1v) is 10.7.